The molecule has 17 heteroatoms. The molecule has 4 aromatic heterocycles. The van der Waals surface area contributed by atoms with E-state index in [0.29, 0.717) is 0 Å². The monoisotopic (exact) mass is 704 g/mol. The van der Waals surface area contributed by atoms with E-state index >= 15 is 0 Å². The number of aromatic nitrogens is 4. The van der Waals surface area contributed by atoms with E-state index in [4.69, 9.17) is 0 Å². The average Bonchev–Trinajstić information content (AvgIpc) is 3.49. The van der Waals surface area contributed by atoms with Crippen molar-refractivity contribution in [3.05, 3.63) is 94.8 Å². The first kappa shape index (κ1) is 33.2. The molecular weight excluding hydrogens is 691 g/mol. The molecule has 0 fully saturated rings. The van der Waals surface area contributed by atoms with Crippen LogP contribution in [0.5, 0.6) is 0 Å². The van der Waals surface area contributed by atoms with E-state index in [-0.39, 0.29) is 53.1 Å². The van der Waals surface area contributed by atoms with Crippen molar-refractivity contribution in [2.75, 3.05) is 0 Å². The Bertz CT molecular complexity index is 1460. The summed E-state index contributed by atoms with van der Waals surface area (Å²) in [5.41, 5.74) is -9.71. The van der Waals surface area contributed by atoms with Gasteiger partial charge in [0.05, 0.1) is 11.6 Å². The van der Waals surface area contributed by atoms with Crippen LogP contribution in [0.1, 0.15) is 47.8 Å². The van der Waals surface area contributed by atoms with Crippen molar-refractivity contribution in [2.24, 2.45) is 0 Å². The van der Waals surface area contributed by atoms with Gasteiger partial charge >= 0.3 is 45.1 Å². The zero-order valence-corrected chi connectivity index (χ0v) is 22.3. The summed E-state index contributed by atoms with van der Waals surface area (Å²) in [6.45, 7) is 2.81. The maximum Gasteiger partial charge on any atom is 2.00 e. The summed E-state index contributed by atoms with van der Waals surface area (Å²) in [4.78, 5) is 8.07. The van der Waals surface area contributed by atoms with E-state index in [1.165, 1.54) is 38.1 Å². The van der Waals surface area contributed by atoms with E-state index in [2.05, 4.69) is 9.97 Å². The van der Waals surface area contributed by atoms with Crippen LogP contribution in [0.2, 0.25) is 0 Å². The second kappa shape index (κ2) is 10.7. The molecule has 0 spiro atoms. The minimum absolute atomic E-state index is 0. The predicted molar refractivity (Wildman–Crippen MR) is 117 cm³/mol. The van der Waals surface area contributed by atoms with Gasteiger partial charge in [0.1, 0.15) is 0 Å². The molecule has 42 heavy (non-hydrogen) atoms. The van der Waals surface area contributed by atoms with Gasteiger partial charge in [-0.3, -0.25) is 9.97 Å². The van der Waals surface area contributed by atoms with Crippen molar-refractivity contribution in [3.8, 4) is 11.6 Å². The topological polar surface area (TPSA) is 35.6 Å². The second-order valence-electron chi connectivity index (χ2n) is 9.12. The third-order valence-corrected chi connectivity index (χ3v) is 5.99. The summed E-state index contributed by atoms with van der Waals surface area (Å²) in [5.74, 6) is -1.22. The fourth-order valence-electron chi connectivity index (χ4n) is 4.04. The molecule has 0 aromatic carbocycles. The van der Waals surface area contributed by atoms with Crippen LogP contribution >= 0.6 is 0 Å². The van der Waals surface area contributed by atoms with E-state index in [0.717, 1.165) is 12.1 Å². The van der Waals surface area contributed by atoms with E-state index in [1.54, 1.807) is 0 Å². The van der Waals surface area contributed by atoms with Crippen LogP contribution in [0.15, 0.2) is 48.5 Å². The summed E-state index contributed by atoms with van der Waals surface area (Å²) < 4.78 is 161. The summed E-state index contributed by atoms with van der Waals surface area (Å²) in [6.07, 6.45) is -17.9. The van der Waals surface area contributed by atoms with Crippen LogP contribution in [-0.2, 0) is 50.5 Å². The first-order chi connectivity index (χ1) is 18.6. The molecule has 0 saturated heterocycles. The van der Waals surface area contributed by atoms with Crippen LogP contribution in [0, 0.1) is 12.4 Å². The average molecular weight is 705 g/mol. The molecule has 0 aliphatic rings. The van der Waals surface area contributed by atoms with Gasteiger partial charge in [0.2, 0.25) is 0 Å². The number of hydrogen-bond acceptors (Lipinski definition) is 2. The molecule has 228 valence electrons. The van der Waals surface area contributed by atoms with Gasteiger partial charge in [-0.15, -0.1) is 12.1 Å². The SMILES string of the molecule is CC(C)(c1cccc(-n2[c-]cc(C(F)(F)F)c2C(F)(F)F)n1)c1cccc(-n2[c-]cc(C(F)(F)F)c2C(F)(F)F)n1.[Pd+2]. The quantitative estimate of drug-likeness (QED) is 0.123. The Balaban J connectivity index is 0.00000484. The van der Waals surface area contributed by atoms with Gasteiger partial charge in [0.15, 0.2) is 0 Å². The van der Waals surface area contributed by atoms with Crippen molar-refractivity contribution in [2.45, 2.75) is 44.0 Å². The fourth-order valence-corrected chi connectivity index (χ4v) is 4.04. The molecule has 0 bridgehead atoms. The summed E-state index contributed by atoms with van der Waals surface area (Å²) >= 11 is 0. The first-order valence-corrected chi connectivity index (χ1v) is 11.1. The summed E-state index contributed by atoms with van der Waals surface area (Å²) in [6, 6.07) is 7.14. The van der Waals surface area contributed by atoms with Crippen LogP contribution in [0.3, 0.4) is 0 Å². The molecule has 0 amide bonds. The van der Waals surface area contributed by atoms with Crippen LogP contribution in [0.25, 0.3) is 11.6 Å². The zero-order chi connectivity index (χ0) is 30.8. The molecule has 0 aliphatic heterocycles. The molecule has 4 aromatic rings. The third kappa shape index (κ3) is 6.22. The first-order valence-electron chi connectivity index (χ1n) is 11.1. The smallest absolute Gasteiger partial charge is 0.425 e. The Morgan fingerprint density at radius 2 is 0.881 bits per heavy atom. The molecule has 4 heterocycles. The molecule has 0 radical (unpaired) electrons. The van der Waals surface area contributed by atoms with Crippen molar-refractivity contribution < 1.29 is 73.1 Å². The predicted octanol–water partition coefficient (Wildman–Crippen LogP) is 8.06. The summed E-state index contributed by atoms with van der Waals surface area (Å²) in [7, 11) is 0. The number of nitrogens with zero attached hydrogens (tertiary/aromatic N) is 4. The molecule has 0 saturated carbocycles. The Labute approximate surface area is 242 Å². The maximum atomic E-state index is 13.6. The molecule has 0 unspecified atom stereocenters. The van der Waals surface area contributed by atoms with Crippen molar-refractivity contribution in [1.82, 2.24) is 19.1 Å². The third-order valence-electron chi connectivity index (χ3n) is 5.99. The number of hydrogen-bond donors (Lipinski definition) is 0. The van der Waals surface area contributed by atoms with E-state index in [1.807, 2.05) is 12.4 Å². The van der Waals surface area contributed by atoms with Crippen LogP contribution in [-0.4, -0.2) is 19.1 Å². The zero-order valence-electron chi connectivity index (χ0n) is 20.8. The largest absolute Gasteiger partial charge is 2.00 e. The van der Waals surface area contributed by atoms with Crippen LogP contribution < -0.4 is 0 Å². The minimum atomic E-state index is -5.45. The second-order valence-corrected chi connectivity index (χ2v) is 9.12. The number of pyridine rings is 2. The number of rotatable bonds is 4. The molecular formula is C25H14F12N4Pd. The molecule has 0 aliphatic carbocycles. The molecule has 4 nitrogen and oxygen atoms in total. The summed E-state index contributed by atoms with van der Waals surface area (Å²) in [5, 5.41) is 0. The van der Waals surface area contributed by atoms with Gasteiger partial charge in [-0.2, -0.15) is 52.7 Å². The Kier molecular flexibility index (Phi) is 8.49. The number of alkyl halides is 12. The van der Waals surface area contributed by atoms with E-state index in [9.17, 15) is 52.7 Å². The van der Waals surface area contributed by atoms with Crippen molar-refractivity contribution >= 4 is 0 Å². The van der Waals surface area contributed by atoms with E-state index < -0.39 is 64.3 Å². The van der Waals surface area contributed by atoms with Gasteiger partial charge < -0.3 is 9.13 Å². The van der Waals surface area contributed by atoms with Crippen LogP contribution in [0.4, 0.5) is 52.7 Å². The molecule has 0 N–H and O–H groups in total. The Morgan fingerprint density at radius 1 is 0.548 bits per heavy atom. The standard InChI is InChI=1S/C25H14F12N4.Pd/c1-21(2,15-5-3-7-17(38-15)40-11-9-13(22(26,27)28)19(40)24(32,33)34)16-6-4-8-18(39-16)41-12-10-14(23(29,30)31)20(41)25(35,36)37;/h3-10H,1-2H3;/q-2;+2. The number of halogens is 12. The normalized spacial score (nSPS) is 13.3. The Hall–Kier alpha value is -3.32. The Morgan fingerprint density at radius 3 is 1.17 bits per heavy atom. The fraction of sp³-hybridized carbons (Fsp3) is 0.280. The van der Waals surface area contributed by atoms with Gasteiger partial charge in [-0.1, -0.05) is 36.7 Å². The molecule has 4 rings (SSSR count). The van der Waals surface area contributed by atoms with Crippen molar-refractivity contribution in [1.29, 1.82) is 0 Å². The minimum Gasteiger partial charge on any atom is -0.425 e. The van der Waals surface area contributed by atoms with Gasteiger partial charge in [0.25, 0.3) is 0 Å². The van der Waals surface area contributed by atoms with Crippen molar-refractivity contribution in [3.63, 3.8) is 0 Å². The molecule has 0 atom stereocenters. The van der Waals surface area contributed by atoms with Gasteiger partial charge in [-0.25, -0.2) is 0 Å². The maximum absolute atomic E-state index is 13.6. The van der Waals surface area contributed by atoms with Gasteiger partial charge in [0, 0.05) is 28.2 Å². The van der Waals surface area contributed by atoms with Gasteiger partial charge in [-0.05, 0) is 37.1 Å².